The van der Waals surface area contributed by atoms with Gasteiger partial charge in [-0.3, -0.25) is 4.84 Å². The van der Waals surface area contributed by atoms with E-state index in [0.29, 0.717) is 0 Å². The highest BCUT2D eigenvalue weighted by Gasteiger charge is 2.04. The molecule has 0 aromatic heterocycles. The lowest BCUT2D eigenvalue weighted by Crippen LogP contribution is -1.99. The van der Waals surface area contributed by atoms with Crippen molar-refractivity contribution in [2.24, 2.45) is 4.53 Å². The Morgan fingerprint density at radius 1 is 1.23 bits per heavy atom. The lowest BCUT2D eigenvalue weighted by Gasteiger charge is -1.93. The number of hydrogen-bond acceptors (Lipinski definition) is 5. The van der Waals surface area contributed by atoms with E-state index in [0.717, 1.165) is 0 Å². The third-order valence-corrected chi connectivity index (χ3v) is 1.39. The summed E-state index contributed by atoms with van der Waals surface area (Å²) < 4.78 is 22.4. The molecule has 0 bridgehead atoms. The highest BCUT2D eigenvalue weighted by molar-refractivity contribution is 7.61. The summed E-state index contributed by atoms with van der Waals surface area (Å²) in [5, 5.41) is 0. The Balaban J connectivity index is 2.76. The van der Waals surface area contributed by atoms with Crippen molar-refractivity contribution in [2.45, 2.75) is 0 Å². The van der Waals surface area contributed by atoms with Crippen LogP contribution in [0.4, 0.5) is 0 Å². The van der Waals surface area contributed by atoms with E-state index in [1.807, 2.05) is 0 Å². The minimum absolute atomic E-state index is 0.247. The quantitative estimate of drug-likeness (QED) is 0.661. The lowest BCUT2D eigenvalue weighted by atomic mass is 10.2. The molecule has 68 valence electrons. The van der Waals surface area contributed by atoms with Crippen LogP contribution >= 0.6 is 0 Å². The van der Waals surface area contributed by atoms with E-state index in [-0.39, 0.29) is 5.56 Å². The van der Waals surface area contributed by atoms with Crippen LogP contribution in [0.5, 0.6) is 0 Å². The van der Waals surface area contributed by atoms with Gasteiger partial charge in [0.1, 0.15) is 0 Å². The van der Waals surface area contributed by atoms with Crippen molar-refractivity contribution in [3.8, 4) is 0 Å². The van der Waals surface area contributed by atoms with Crippen LogP contribution in [-0.4, -0.2) is 14.4 Å². The molecule has 0 radical (unpaired) electrons. The van der Waals surface area contributed by atoms with E-state index in [9.17, 15) is 13.2 Å². The number of nitrogens with zero attached hydrogens (tertiary/aromatic N) is 1. The van der Waals surface area contributed by atoms with Gasteiger partial charge in [0, 0.05) is 0 Å². The number of hydrogen-bond donors (Lipinski definition) is 0. The third kappa shape index (κ3) is 3.04. The van der Waals surface area contributed by atoms with Crippen LogP contribution < -0.4 is 0 Å². The first-order valence-corrected chi connectivity index (χ1v) is 4.30. The SMILES string of the molecule is O=C(ON=S(=O)=O)c1ccccc1. The van der Waals surface area contributed by atoms with Gasteiger partial charge < -0.3 is 0 Å². The molecule has 0 aliphatic heterocycles. The van der Waals surface area contributed by atoms with Crippen LogP contribution in [0, 0.1) is 0 Å². The van der Waals surface area contributed by atoms with Crippen LogP contribution in [0.25, 0.3) is 0 Å². The Hall–Kier alpha value is -1.69. The zero-order valence-electron chi connectivity index (χ0n) is 6.38. The average molecular weight is 199 g/mol. The van der Waals surface area contributed by atoms with E-state index < -0.39 is 16.5 Å². The lowest BCUT2D eigenvalue weighted by molar-refractivity contribution is 0.0524. The molecule has 0 aliphatic rings. The molecule has 0 saturated heterocycles. The fourth-order valence-corrected chi connectivity index (χ4v) is 0.820. The summed E-state index contributed by atoms with van der Waals surface area (Å²) in [5.41, 5.74) is 0.247. The van der Waals surface area contributed by atoms with Gasteiger partial charge in [0.25, 0.3) is 0 Å². The van der Waals surface area contributed by atoms with Crippen molar-refractivity contribution < 1.29 is 18.0 Å². The molecule has 1 aromatic carbocycles. The minimum Gasteiger partial charge on any atom is -0.298 e. The van der Waals surface area contributed by atoms with Crippen LogP contribution in [0.1, 0.15) is 10.4 Å². The summed E-state index contributed by atoms with van der Waals surface area (Å²) in [6, 6.07) is 7.96. The van der Waals surface area contributed by atoms with Gasteiger partial charge in [-0.2, -0.15) is 8.42 Å². The fraction of sp³-hybridized carbons (Fsp3) is 0. The summed E-state index contributed by atoms with van der Waals surface area (Å²) in [4.78, 5) is 15.0. The van der Waals surface area contributed by atoms with Crippen LogP contribution in [-0.2, 0) is 15.3 Å². The summed E-state index contributed by atoms with van der Waals surface area (Å²) in [5.74, 6) is -0.801. The van der Waals surface area contributed by atoms with Gasteiger partial charge in [0.2, 0.25) is 0 Å². The second kappa shape index (κ2) is 4.36. The molecule has 1 rings (SSSR count). The normalized spacial score (nSPS) is 8.92. The van der Waals surface area contributed by atoms with Gasteiger partial charge in [0.05, 0.1) is 10.1 Å². The number of rotatable bonds is 2. The Labute approximate surface area is 75.6 Å². The Kier molecular flexibility index (Phi) is 3.15. The molecule has 0 spiro atoms. The molecule has 0 saturated carbocycles. The largest absolute Gasteiger partial charge is 0.367 e. The van der Waals surface area contributed by atoms with Gasteiger partial charge in [0.15, 0.2) is 0 Å². The van der Waals surface area contributed by atoms with E-state index >= 15 is 0 Å². The van der Waals surface area contributed by atoms with Crippen molar-refractivity contribution in [1.29, 1.82) is 0 Å². The molecular formula is C7H5NO4S. The molecule has 6 heteroatoms. The first kappa shape index (κ1) is 9.40. The molecular weight excluding hydrogens is 194 g/mol. The van der Waals surface area contributed by atoms with E-state index in [1.54, 1.807) is 18.2 Å². The maximum absolute atomic E-state index is 11.0. The molecule has 0 fully saturated rings. The Morgan fingerprint density at radius 3 is 2.38 bits per heavy atom. The highest BCUT2D eigenvalue weighted by Crippen LogP contribution is 2.00. The molecule has 0 N–H and O–H groups in total. The second-order valence-corrected chi connectivity index (χ2v) is 2.62. The maximum Gasteiger partial charge on any atom is 0.367 e. The average Bonchev–Trinajstić information content (AvgIpc) is 2.15. The first-order valence-electron chi connectivity index (χ1n) is 3.27. The molecule has 0 unspecified atom stereocenters. The van der Waals surface area contributed by atoms with Gasteiger partial charge in [-0.25, -0.2) is 4.79 Å². The topological polar surface area (TPSA) is 72.8 Å². The van der Waals surface area contributed by atoms with Crippen molar-refractivity contribution in [1.82, 2.24) is 0 Å². The minimum atomic E-state index is -2.73. The Morgan fingerprint density at radius 2 is 1.85 bits per heavy atom. The summed E-state index contributed by atoms with van der Waals surface area (Å²) in [6.45, 7) is 0. The first-order chi connectivity index (χ1) is 6.20. The Bertz CT molecular complexity index is 415. The van der Waals surface area contributed by atoms with Crippen molar-refractivity contribution in [2.75, 3.05) is 0 Å². The van der Waals surface area contributed by atoms with Gasteiger partial charge in [-0.05, 0) is 12.1 Å². The zero-order chi connectivity index (χ0) is 9.68. The molecule has 1 aromatic rings. The molecule has 0 heterocycles. The van der Waals surface area contributed by atoms with E-state index in [1.165, 1.54) is 12.1 Å². The zero-order valence-corrected chi connectivity index (χ0v) is 7.19. The molecule has 5 nitrogen and oxygen atoms in total. The van der Waals surface area contributed by atoms with Gasteiger partial charge >= 0.3 is 16.5 Å². The van der Waals surface area contributed by atoms with Crippen molar-refractivity contribution >= 4 is 16.5 Å². The van der Waals surface area contributed by atoms with E-state index in [4.69, 9.17) is 0 Å². The smallest absolute Gasteiger partial charge is 0.298 e. The van der Waals surface area contributed by atoms with Gasteiger partial charge in [-0.1, -0.05) is 18.2 Å². The fourth-order valence-electron chi connectivity index (χ4n) is 0.691. The standard InChI is InChI=1S/C7H5NO4S/c9-7(12-8-13(10)11)6-4-2-1-3-5-6/h1-5H. The number of carbonyl (C=O) groups excluding carboxylic acids is 1. The van der Waals surface area contributed by atoms with Crippen molar-refractivity contribution in [3.05, 3.63) is 35.9 Å². The number of benzene rings is 1. The summed E-state index contributed by atoms with van der Waals surface area (Å²) >= 11 is 0. The van der Waals surface area contributed by atoms with Crippen LogP contribution in [0.2, 0.25) is 0 Å². The highest BCUT2D eigenvalue weighted by atomic mass is 32.2. The predicted molar refractivity (Wildman–Crippen MR) is 43.2 cm³/mol. The predicted octanol–water partition coefficient (Wildman–Crippen LogP) is 0.821. The summed E-state index contributed by atoms with van der Waals surface area (Å²) in [7, 11) is -2.73. The monoisotopic (exact) mass is 199 g/mol. The summed E-state index contributed by atoms with van der Waals surface area (Å²) in [6.07, 6.45) is 0. The second-order valence-electron chi connectivity index (χ2n) is 2.04. The number of carbonyl (C=O) groups is 1. The molecule has 0 atom stereocenters. The van der Waals surface area contributed by atoms with Crippen molar-refractivity contribution in [3.63, 3.8) is 0 Å². The molecule has 0 aliphatic carbocycles. The molecule has 0 amide bonds. The third-order valence-electron chi connectivity index (χ3n) is 1.19. The molecule has 13 heavy (non-hydrogen) atoms. The van der Waals surface area contributed by atoms with Gasteiger partial charge in [-0.15, -0.1) is 0 Å². The van der Waals surface area contributed by atoms with E-state index in [2.05, 4.69) is 9.36 Å². The van der Waals surface area contributed by atoms with Crippen LogP contribution in [0.3, 0.4) is 0 Å². The maximum atomic E-state index is 11.0. The van der Waals surface area contributed by atoms with Crippen LogP contribution in [0.15, 0.2) is 34.9 Å².